The van der Waals surface area contributed by atoms with Crippen LogP contribution in [0.1, 0.15) is 42.6 Å². The van der Waals surface area contributed by atoms with Gasteiger partial charge in [0.1, 0.15) is 5.75 Å². The molecule has 4 rings (SSSR count). The molecule has 1 aromatic heterocycles. The molecule has 180 valence electrons. The zero-order chi connectivity index (χ0) is 23.9. The Labute approximate surface area is 202 Å². The molecule has 0 N–H and O–H groups in total. The minimum Gasteiger partial charge on any atom is -0.497 e. The summed E-state index contributed by atoms with van der Waals surface area (Å²) in [7, 11) is 1.70. The average Bonchev–Trinajstić information content (AvgIpc) is 3.39. The number of anilines is 2. The highest BCUT2D eigenvalue weighted by Crippen LogP contribution is 2.34. The first-order valence-electron chi connectivity index (χ1n) is 12.2. The summed E-state index contributed by atoms with van der Waals surface area (Å²) >= 11 is 0. The van der Waals surface area contributed by atoms with Crippen molar-refractivity contribution >= 4 is 17.3 Å². The van der Waals surface area contributed by atoms with Crippen LogP contribution in [0.25, 0.3) is 0 Å². The molecule has 1 saturated heterocycles. The maximum absolute atomic E-state index is 12.8. The number of benzene rings is 2. The highest BCUT2D eigenvalue weighted by Gasteiger charge is 2.27. The lowest BCUT2D eigenvalue weighted by molar-refractivity contribution is 0.0773. The van der Waals surface area contributed by atoms with Gasteiger partial charge < -0.3 is 19.0 Å². The molecule has 0 bridgehead atoms. The van der Waals surface area contributed by atoms with Crippen LogP contribution >= 0.6 is 0 Å². The quantitative estimate of drug-likeness (QED) is 0.417. The van der Waals surface area contributed by atoms with Crippen LogP contribution in [0.2, 0.25) is 0 Å². The number of carbonyl (C=O) groups excluding carboxylic acids is 1. The monoisotopic (exact) mass is 461 g/mol. The molecule has 1 aliphatic heterocycles. The van der Waals surface area contributed by atoms with Crippen LogP contribution in [0.3, 0.4) is 0 Å². The van der Waals surface area contributed by atoms with Gasteiger partial charge in [-0.1, -0.05) is 6.07 Å². The molecule has 0 unspecified atom stereocenters. The molecule has 0 radical (unpaired) electrons. The minimum atomic E-state index is 0.0806. The third-order valence-electron chi connectivity index (χ3n) is 6.68. The van der Waals surface area contributed by atoms with Crippen molar-refractivity contribution in [1.29, 1.82) is 0 Å². The van der Waals surface area contributed by atoms with Crippen LogP contribution in [0, 0.1) is 0 Å². The molecular formula is C28H35N3O3. The maximum Gasteiger partial charge on any atom is 0.253 e. The van der Waals surface area contributed by atoms with Gasteiger partial charge in [0.2, 0.25) is 0 Å². The fraction of sp³-hybridized carbons (Fsp3) is 0.393. The molecule has 34 heavy (non-hydrogen) atoms. The van der Waals surface area contributed by atoms with Gasteiger partial charge in [0, 0.05) is 67.3 Å². The van der Waals surface area contributed by atoms with Crippen LogP contribution in [-0.2, 0) is 6.54 Å². The predicted molar refractivity (Wildman–Crippen MR) is 136 cm³/mol. The number of amides is 1. The van der Waals surface area contributed by atoms with Crippen molar-refractivity contribution in [3.05, 3.63) is 78.3 Å². The van der Waals surface area contributed by atoms with Crippen LogP contribution < -0.4 is 9.64 Å². The number of furan rings is 1. The fourth-order valence-corrected chi connectivity index (χ4v) is 4.77. The Morgan fingerprint density at radius 2 is 1.76 bits per heavy atom. The van der Waals surface area contributed by atoms with Gasteiger partial charge in [-0.3, -0.25) is 9.69 Å². The standard InChI is InChI=1S/C28H35N3O3/c1-4-30(5-2)28(32)23-9-11-24(12-10-23)31(26-7-6-8-27(19-26)33-3)25-13-16-29(17-14-25)20-22-15-18-34-21-22/h6-12,15,18-19,21,25H,4-5,13-14,16-17,20H2,1-3H3. The molecule has 6 heteroatoms. The molecule has 0 atom stereocenters. The topological polar surface area (TPSA) is 49.2 Å². The van der Waals surface area contributed by atoms with Gasteiger partial charge in [-0.25, -0.2) is 0 Å². The van der Waals surface area contributed by atoms with Crippen LogP contribution in [0.4, 0.5) is 11.4 Å². The Kier molecular flexibility index (Phi) is 7.91. The van der Waals surface area contributed by atoms with Gasteiger partial charge in [0.25, 0.3) is 5.91 Å². The summed E-state index contributed by atoms with van der Waals surface area (Å²) in [6.45, 7) is 8.42. The van der Waals surface area contributed by atoms with E-state index in [0.29, 0.717) is 19.1 Å². The van der Waals surface area contributed by atoms with Crippen molar-refractivity contribution in [1.82, 2.24) is 9.80 Å². The molecular weight excluding hydrogens is 426 g/mol. The van der Waals surface area contributed by atoms with Crippen molar-refractivity contribution in [2.45, 2.75) is 39.3 Å². The number of nitrogens with zero attached hydrogens (tertiary/aromatic N) is 3. The largest absolute Gasteiger partial charge is 0.497 e. The SMILES string of the molecule is CCN(CC)C(=O)c1ccc(N(c2cccc(OC)c2)C2CCN(Cc3ccoc3)CC2)cc1. The predicted octanol–water partition coefficient (Wildman–Crippen LogP) is 5.57. The molecule has 0 aliphatic carbocycles. The summed E-state index contributed by atoms with van der Waals surface area (Å²) in [5.74, 6) is 0.922. The second-order valence-corrected chi connectivity index (χ2v) is 8.73. The van der Waals surface area contributed by atoms with E-state index in [4.69, 9.17) is 9.15 Å². The van der Waals surface area contributed by atoms with E-state index in [1.54, 1.807) is 13.4 Å². The lowest BCUT2D eigenvalue weighted by atomic mass is 10.00. The van der Waals surface area contributed by atoms with Gasteiger partial charge in [-0.15, -0.1) is 0 Å². The van der Waals surface area contributed by atoms with Crippen LogP contribution in [-0.4, -0.2) is 55.0 Å². The molecule has 1 amide bonds. The van der Waals surface area contributed by atoms with Crippen molar-refractivity contribution < 1.29 is 13.9 Å². The van der Waals surface area contributed by atoms with Crippen LogP contribution in [0.15, 0.2) is 71.5 Å². The number of carbonyl (C=O) groups is 1. The first-order chi connectivity index (χ1) is 16.6. The highest BCUT2D eigenvalue weighted by molar-refractivity contribution is 5.94. The van der Waals surface area contributed by atoms with E-state index in [1.807, 2.05) is 55.3 Å². The summed E-state index contributed by atoms with van der Waals surface area (Å²) in [5, 5.41) is 0. The van der Waals surface area contributed by atoms with Crippen molar-refractivity contribution in [3.8, 4) is 5.75 Å². The third kappa shape index (κ3) is 5.45. The Bertz CT molecular complexity index is 1040. The number of rotatable bonds is 9. The minimum absolute atomic E-state index is 0.0806. The summed E-state index contributed by atoms with van der Waals surface area (Å²) in [6, 6.07) is 18.7. The molecule has 1 aliphatic rings. The van der Waals surface area contributed by atoms with E-state index in [1.165, 1.54) is 5.56 Å². The molecule has 1 fully saturated rings. The molecule has 3 aromatic rings. The van der Waals surface area contributed by atoms with Gasteiger partial charge in [0.05, 0.1) is 19.6 Å². The smallest absolute Gasteiger partial charge is 0.253 e. The first-order valence-corrected chi connectivity index (χ1v) is 12.2. The van der Waals surface area contributed by atoms with E-state index in [2.05, 4.69) is 34.1 Å². The Hall–Kier alpha value is -3.25. The first kappa shape index (κ1) is 23.9. The molecule has 0 saturated carbocycles. The number of hydrogen-bond donors (Lipinski definition) is 0. The Balaban J connectivity index is 1.56. The zero-order valence-corrected chi connectivity index (χ0v) is 20.4. The van der Waals surface area contributed by atoms with Crippen LogP contribution in [0.5, 0.6) is 5.75 Å². The summed E-state index contributed by atoms with van der Waals surface area (Å²) in [4.78, 5) is 19.5. The van der Waals surface area contributed by atoms with Gasteiger partial charge in [-0.2, -0.15) is 0 Å². The van der Waals surface area contributed by atoms with E-state index in [-0.39, 0.29) is 5.91 Å². The second-order valence-electron chi connectivity index (χ2n) is 8.73. The molecule has 0 spiro atoms. The Morgan fingerprint density at radius 1 is 1.03 bits per heavy atom. The maximum atomic E-state index is 12.8. The number of likely N-dealkylation sites (tertiary alicyclic amines) is 1. The molecule has 2 heterocycles. The van der Waals surface area contributed by atoms with Crippen molar-refractivity contribution in [2.75, 3.05) is 38.2 Å². The van der Waals surface area contributed by atoms with Gasteiger partial charge >= 0.3 is 0 Å². The second kappa shape index (κ2) is 11.3. The molecule has 6 nitrogen and oxygen atoms in total. The number of hydrogen-bond acceptors (Lipinski definition) is 5. The van der Waals surface area contributed by atoms with Crippen molar-refractivity contribution in [2.24, 2.45) is 0 Å². The number of ether oxygens (including phenoxy) is 1. The number of methoxy groups -OCH3 is 1. The van der Waals surface area contributed by atoms with Gasteiger partial charge in [0.15, 0.2) is 0 Å². The summed E-state index contributed by atoms with van der Waals surface area (Å²) in [5.41, 5.74) is 4.15. The normalized spacial score (nSPS) is 14.7. The lowest BCUT2D eigenvalue weighted by Crippen LogP contribution is -2.42. The van der Waals surface area contributed by atoms with E-state index in [0.717, 1.165) is 55.2 Å². The summed E-state index contributed by atoms with van der Waals surface area (Å²) < 4.78 is 10.7. The van der Waals surface area contributed by atoms with E-state index >= 15 is 0 Å². The van der Waals surface area contributed by atoms with Gasteiger partial charge in [-0.05, 0) is 69.2 Å². The average molecular weight is 462 g/mol. The van der Waals surface area contributed by atoms with E-state index < -0.39 is 0 Å². The Morgan fingerprint density at radius 3 is 2.38 bits per heavy atom. The molecule has 2 aromatic carbocycles. The third-order valence-corrected chi connectivity index (χ3v) is 6.68. The zero-order valence-electron chi connectivity index (χ0n) is 20.4. The van der Waals surface area contributed by atoms with Crippen molar-refractivity contribution in [3.63, 3.8) is 0 Å². The highest BCUT2D eigenvalue weighted by atomic mass is 16.5. The van der Waals surface area contributed by atoms with E-state index in [9.17, 15) is 4.79 Å². The number of piperidine rings is 1. The lowest BCUT2D eigenvalue weighted by Gasteiger charge is -2.40. The fourth-order valence-electron chi connectivity index (χ4n) is 4.77. The summed E-state index contributed by atoms with van der Waals surface area (Å²) in [6.07, 6.45) is 5.67.